The third kappa shape index (κ3) is 2.87. The number of aliphatic hydroxyl groups excluding tert-OH is 1. The van der Waals surface area contributed by atoms with Crippen LogP contribution in [-0.4, -0.2) is 27.8 Å². The molecule has 1 fully saturated rings. The monoisotopic (exact) mass is 237 g/mol. The Labute approximate surface area is 103 Å². The molecular formula is C13H23N3O. The lowest BCUT2D eigenvalue weighted by Crippen LogP contribution is -2.35. The number of hydrogen-bond acceptors (Lipinski definition) is 3. The van der Waals surface area contributed by atoms with E-state index >= 15 is 0 Å². The van der Waals surface area contributed by atoms with Crippen LogP contribution in [0.15, 0.2) is 12.5 Å². The number of nitrogens with zero attached hydrogens (tertiary/aromatic N) is 2. The summed E-state index contributed by atoms with van der Waals surface area (Å²) < 4.78 is 2.15. The molecule has 17 heavy (non-hydrogen) atoms. The van der Waals surface area contributed by atoms with Crippen LogP contribution in [-0.2, 0) is 13.1 Å². The number of rotatable bonds is 6. The molecule has 1 aromatic heterocycles. The molecule has 2 rings (SSSR count). The van der Waals surface area contributed by atoms with E-state index in [0.29, 0.717) is 6.61 Å². The molecule has 1 aliphatic carbocycles. The Hall–Kier alpha value is -0.870. The zero-order valence-corrected chi connectivity index (χ0v) is 10.7. The number of imidazole rings is 1. The minimum absolute atomic E-state index is 0.136. The smallest absolute Gasteiger partial charge is 0.0948 e. The van der Waals surface area contributed by atoms with Crippen LogP contribution in [0.1, 0.15) is 38.3 Å². The molecule has 0 aliphatic heterocycles. The predicted octanol–water partition coefficient (Wildman–Crippen LogP) is 1.55. The molecule has 0 unspecified atom stereocenters. The molecule has 96 valence electrons. The van der Waals surface area contributed by atoms with E-state index in [0.717, 1.165) is 32.5 Å². The summed E-state index contributed by atoms with van der Waals surface area (Å²) in [6, 6.07) is 0. The van der Waals surface area contributed by atoms with Crippen LogP contribution in [0.25, 0.3) is 0 Å². The van der Waals surface area contributed by atoms with Gasteiger partial charge >= 0.3 is 0 Å². The second-order valence-electron chi connectivity index (χ2n) is 5.14. The summed E-state index contributed by atoms with van der Waals surface area (Å²) >= 11 is 0. The van der Waals surface area contributed by atoms with E-state index in [9.17, 15) is 5.11 Å². The van der Waals surface area contributed by atoms with Crippen LogP contribution >= 0.6 is 0 Å². The van der Waals surface area contributed by atoms with Crippen molar-refractivity contribution in [3.8, 4) is 0 Å². The normalized spacial score (nSPS) is 18.7. The number of aromatic nitrogens is 2. The van der Waals surface area contributed by atoms with Crippen LogP contribution in [0, 0.1) is 5.41 Å². The fraction of sp³-hybridized carbons (Fsp3) is 0.769. The summed E-state index contributed by atoms with van der Waals surface area (Å²) in [6.07, 6.45) is 8.61. The van der Waals surface area contributed by atoms with Crippen molar-refractivity contribution in [2.45, 2.75) is 45.7 Å². The molecule has 0 bridgehead atoms. The van der Waals surface area contributed by atoms with Gasteiger partial charge in [0.2, 0.25) is 0 Å². The molecule has 0 radical (unpaired) electrons. The SMILES string of the molecule is CCn1cncc1CNCC1(CO)CCCC1. The van der Waals surface area contributed by atoms with Gasteiger partial charge in [-0.05, 0) is 19.8 Å². The van der Waals surface area contributed by atoms with E-state index in [1.165, 1.54) is 18.5 Å². The summed E-state index contributed by atoms with van der Waals surface area (Å²) in [5.41, 5.74) is 1.36. The molecule has 0 spiro atoms. The zero-order chi connectivity index (χ0) is 12.1. The van der Waals surface area contributed by atoms with Crippen LogP contribution in [0.3, 0.4) is 0 Å². The van der Waals surface area contributed by atoms with Gasteiger partial charge in [-0.1, -0.05) is 12.8 Å². The predicted molar refractivity (Wildman–Crippen MR) is 67.6 cm³/mol. The van der Waals surface area contributed by atoms with E-state index in [1.54, 1.807) is 0 Å². The molecule has 2 N–H and O–H groups in total. The summed E-state index contributed by atoms with van der Waals surface area (Å²) in [4.78, 5) is 4.15. The van der Waals surface area contributed by atoms with Crippen molar-refractivity contribution in [3.63, 3.8) is 0 Å². The van der Waals surface area contributed by atoms with E-state index in [2.05, 4.69) is 21.8 Å². The van der Waals surface area contributed by atoms with Crippen molar-refractivity contribution >= 4 is 0 Å². The van der Waals surface area contributed by atoms with Crippen molar-refractivity contribution in [3.05, 3.63) is 18.2 Å². The fourth-order valence-corrected chi connectivity index (χ4v) is 2.75. The lowest BCUT2D eigenvalue weighted by Gasteiger charge is -2.26. The average molecular weight is 237 g/mol. The second kappa shape index (κ2) is 5.65. The van der Waals surface area contributed by atoms with Crippen molar-refractivity contribution in [1.29, 1.82) is 0 Å². The number of nitrogens with one attached hydrogen (secondary N) is 1. The maximum Gasteiger partial charge on any atom is 0.0948 e. The first-order valence-electron chi connectivity index (χ1n) is 6.60. The molecule has 1 saturated carbocycles. The van der Waals surface area contributed by atoms with E-state index in [1.807, 2.05) is 12.5 Å². The molecule has 4 heteroatoms. The number of aryl methyl sites for hydroxylation is 1. The molecule has 0 amide bonds. The van der Waals surface area contributed by atoms with Crippen molar-refractivity contribution in [1.82, 2.24) is 14.9 Å². The molecule has 1 heterocycles. The van der Waals surface area contributed by atoms with Gasteiger partial charge < -0.3 is 15.0 Å². The minimum atomic E-state index is 0.136. The highest BCUT2D eigenvalue weighted by Crippen LogP contribution is 2.36. The maximum absolute atomic E-state index is 9.52. The van der Waals surface area contributed by atoms with Gasteiger partial charge in [0.1, 0.15) is 0 Å². The molecule has 1 aliphatic rings. The van der Waals surface area contributed by atoms with E-state index < -0.39 is 0 Å². The lowest BCUT2D eigenvalue weighted by atomic mass is 9.87. The first kappa shape index (κ1) is 12.6. The Morgan fingerprint density at radius 1 is 1.47 bits per heavy atom. The number of aliphatic hydroxyl groups is 1. The molecule has 0 aromatic carbocycles. The highest BCUT2D eigenvalue weighted by molar-refractivity contribution is 4.98. The summed E-state index contributed by atoms with van der Waals surface area (Å²) in [5.74, 6) is 0. The van der Waals surface area contributed by atoms with Crippen LogP contribution in [0.2, 0.25) is 0 Å². The van der Waals surface area contributed by atoms with Gasteiger partial charge in [0.15, 0.2) is 0 Å². The van der Waals surface area contributed by atoms with Gasteiger partial charge in [0.25, 0.3) is 0 Å². The number of hydrogen-bond donors (Lipinski definition) is 2. The van der Waals surface area contributed by atoms with Crippen molar-refractivity contribution in [2.24, 2.45) is 5.41 Å². The summed E-state index contributed by atoms with van der Waals surface area (Å²) in [5, 5.41) is 13.0. The molecule has 0 atom stereocenters. The minimum Gasteiger partial charge on any atom is -0.396 e. The van der Waals surface area contributed by atoms with Crippen LogP contribution in [0.4, 0.5) is 0 Å². The molecule has 0 saturated heterocycles. The first-order valence-corrected chi connectivity index (χ1v) is 6.60. The standard InChI is InChI=1S/C13H23N3O/c1-2-16-11-15-8-12(16)7-14-9-13(10-17)5-3-4-6-13/h8,11,14,17H,2-7,9-10H2,1H3. The highest BCUT2D eigenvalue weighted by Gasteiger charge is 2.32. The highest BCUT2D eigenvalue weighted by atomic mass is 16.3. The van der Waals surface area contributed by atoms with E-state index in [4.69, 9.17) is 0 Å². The van der Waals surface area contributed by atoms with Gasteiger partial charge in [-0.2, -0.15) is 0 Å². The van der Waals surface area contributed by atoms with E-state index in [-0.39, 0.29) is 5.41 Å². The first-order chi connectivity index (χ1) is 8.29. The Balaban J connectivity index is 1.82. The third-order valence-electron chi connectivity index (χ3n) is 3.94. The second-order valence-corrected chi connectivity index (χ2v) is 5.14. The quantitative estimate of drug-likeness (QED) is 0.789. The Kier molecular flexibility index (Phi) is 4.18. The Bertz CT molecular complexity index is 342. The van der Waals surface area contributed by atoms with Crippen molar-refractivity contribution < 1.29 is 5.11 Å². The lowest BCUT2D eigenvalue weighted by molar-refractivity contribution is 0.128. The van der Waals surface area contributed by atoms with Gasteiger partial charge in [-0.15, -0.1) is 0 Å². The molecule has 1 aromatic rings. The summed E-state index contributed by atoms with van der Waals surface area (Å²) in [7, 11) is 0. The third-order valence-corrected chi connectivity index (χ3v) is 3.94. The molecule has 4 nitrogen and oxygen atoms in total. The van der Waals surface area contributed by atoms with Crippen molar-refractivity contribution in [2.75, 3.05) is 13.2 Å². The Morgan fingerprint density at radius 2 is 2.24 bits per heavy atom. The molecular weight excluding hydrogens is 214 g/mol. The maximum atomic E-state index is 9.52. The topological polar surface area (TPSA) is 50.1 Å². The fourth-order valence-electron chi connectivity index (χ4n) is 2.75. The zero-order valence-electron chi connectivity index (χ0n) is 10.7. The van der Waals surface area contributed by atoms with Gasteiger partial charge in [-0.3, -0.25) is 0 Å². The average Bonchev–Trinajstić information content (AvgIpc) is 2.98. The Morgan fingerprint density at radius 3 is 2.88 bits per heavy atom. The van der Waals surface area contributed by atoms with Gasteiger partial charge in [-0.25, -0.2) is 4.98 Å². The van der Waals surface area contributed by atoms with Gasteiger partial charge in [0, 0.05) is 37.9 Å². The van der Waals surface area contributed by atoms with Gasteiger partial charge in [0.05, 0.1) is 12.0 Å². The summed E-state index contributed by atoms with van der Waals surface area (Å²) in [6.45, 7) is 5.15. The van der Waals surface area contributed by atoms with Crippen LogP contribution in [0.5, 0.6) is 0 Å². The van der Waals surface area contributed by atoms with Crippen LogP contribution < -0.4 is 5.32 Å². The largest absolute Gasteiger partial charge is 0.396 e.